The summed E-state index contributed by atoms with van der Waals surface area (Å²) in [5.41, 5.74) is 8.33. The molecule has 0 saturated heterocycles. The molecule has 0 spiro atoms. The highest BCUT2D eigenvalue weighted by Gasteiger charge is 2.00. The second kappa shape index (κ2) is 4.13. The van der Waals surface area contributed by atoms with Crippen LogP contribution in [0.4, 0.5) is 10.1 Å². The molecule has 0 amide bonds. The third-order valence-corrected chi connectivity index (χ3v) is 2.19. The van der Waals surface area contributed by atoms with E-state index >= 15 is 0 Å². The van der Waals surface area contributed by atoms with Gasteiger partial charge in [0.2, 0.25) is 0 Å². The zero-order valence-electron chi connectivity index (χ0n) is 8.23. The van der Waals surface area contributed by atoms with Crippen LogP contribution in [0.5, 0.6) is 0 Å². The number of rotatable bonds is 3. The molecule has 0 radical (unpaired) electrons. The van der Waals surface area contributed by atoms with E-state index < -0.39 is 6.67 Å². The highest BCUT2D eigenvalue weighted by molar-refractivity contribution is 5.63. The van der Waals surface area contributed by atoms with Gasteiger partial charge in [-0.05, 0) is 17.7 Å². The van der Waals surface area contributed by atoms with Crippen molar-refractivity contribution in [3.63, 3.8) is 0 Å². The van der Waals surface area contributed by atoms with Crippen molar-refractivity contribution in [2.45, 2.75) is 6.54 Å². The molecule has 1 heterocycles. The minimum Gasteiger partial charge on any atom is -0.399 e. The van der Waals surface area contributed by atoms with E-state index in [1.165, 1.54) is 0 Å². The van der Waals surface area contributed by atoms with E-state index in [1.807, 2.05) is 30.5 Å². The maximum absolute atomic E-state index is 12.1. The summed E-state index contributed by atoms with van der Waals surface area (Å²) in [4.78, 5) is 0. The average molecular weight is 205 g/mol. The van der Waals surface area contributed by atoms with Crippen molar-refractivity contribution in [2.75, 3.05) is 12.4 Å². The molecule has 1 aromatic heterocycles. The molecule has 2 N–H and O–H groups in total. The van der Waals surface area contributed by atoms with Crippen LogP contribution in [-0.2, 0) is 6.54 Å². The Kier molecular flexibility index (Phi) is 2.67. The van der Waals surface area contributed by atoms with Crippen molar-refractivity contribution in [1.82, 2.24) is 9.78 Å². The van der Waals surface area contributed by atoms with E-state index in [0.717, 1.165) is 16.8 Å². The molecule has 2 aromatic rings. The largest absolute Gasteiger partial charge is 0.399 e. The fourth-order valence-electron chi connectivity index (χ4n) is 1.40. The summed E-state index contributed by atoms with van der Waals surface area (Å²) >= 11 is 0. The first-order valence-electron chi connectivity index (χ1n) is 4.74. The fraction of sp³-hybridized carbons (Fsp3) is 0.182. The standard InChI is InChI=1S/C11H12FN3/c12-5-6-15-8-10(7-14-15)9-1-3-11(13)4-2-9/h1-4,7-8H,5-6,13H2. The van der Waals surface area contributed by atoms with Crippen LogP contribution in [0.25, 0.3) is 11.1 Å². The number of aromatic nitrogens is 2. The van der Waals surface area contributed by atoms with Crippen molar-refractivity contribution in [1.29, 1.82) is 0 Å². The lowest BCUT2D eigenvalue weighted by Crippen LogP contribution is -1.98. The summed E-state index contributed by atoms with van der Waals surface area (Å²) in [7, 11) is 0. The van der Waals surface area contributed by atoms with Gasteiger partial charge in [0.15, 0.2) is 0 Å². The maximum atomic E-state index is 12.1. The summed E-state index contributed by atoms with van der Waals surface area (Å²) in [5.74, 6) is 0. The molecule has 1 aromatic carbocycles. The van der Waals surface area contributed by atoms with E-state index in [-0.39, 0.29) is 0 Å². The number of alkyl halides is 1. The average Bonchev–Trinajstić information content (AvgIpc) is 2.68. The molecule has 0 aliphatic carbocycles. The SMILES string of the molecule is Nc1ccc(-c2cnn(CCF)c2)cc1. The van der Waals surface area contributed by atoms with Crippen LogP contribution >= 0.6 is 0 Å². The predicted octanol–water partition coefficient (Wildman–Crippen LogP) is 2.10. The van der Waals surface area contributed by atoms with Gasteiger partial charge in [-0.1, -0.05) is 12.1 Å². The van der Waals surface area contributed by atoms with Crippen LogP contribution in [-0.4, -0.2) is 16.5 Å². The van der Waals surface area contributed by atoms with Crippen LogP contribution in [0.15, 0.2) is 36.7 Å². The fourth-order valence-corrected chi connectivity index (χ4v) is 1.40. The van der Waals surface area contributed by atoms with Crippen molar-refractivity contribution in [3.05, 3.63) is 36.7 Å². The molecule has 0 aliphatic rings. The first-order chi connectivity index (χ1) is 7.29. The second-order valence-electron chi connectivity index (χ2n) is 3.30. The molecule has 3 nitrogen and oxygen atoms in total. The predicted molar refractivity (Wildman–Crippen MR) is 58.1 cm³/mol. The van der Waals surface area contributed by atoms with E-state index in [4.69, 9.17) is 5.73 Å². The summed E-state index contributed by atoms with van der Waals surface area (Å²) in [5, 5.41) is 4.05. The normalized spacial score (nSPS) is 10.5. The maximum Gasteiger partial charge on any atom is 0.109 e. The lowest BCUT2D eigenvalue weighted by Gasteiger charge is -1.97. The molecule has 4 heteroatoms. The van der Waals surface area contributed by atoms with Crippen LogP contribution in [0.3, 0.4) is 0 Å². The number of halogens is 1. The van der Waals surface area contributed by atoms with Gasteiger partial charge >= 0.3 is 0 Å². The lowest BCUT2D eigenvalue weighted by atomic mass is 10.1. The Morgan fingerprint density at radius 3 is 2.60 bits per heavy atom. The van der Waals surface area contributed by atoms with Crippen LogP contribution < -0.4 is 5.73 Å². The number of nitrogens with two attached hydrogens (primary N) is 1. The van der Waals surface area contributed by atoms with Crippen molar-refractivity contribution >= 4 is 5.69 Å². The number of nitrogens with zero attached hydrogens (tertiary/aromatic N) is 2. The Labute approximate surface area is 87.3 Å². The number of benzene rings is 1. The third kappa shape index (κ3) is 2.15. The van der Waals surface area contributed by atoms with Gasteiger partial charge in [0.25, 0.3) is 0 Å². The van der Waals surface area contributed by atoms with Crippen LogP contribution in [0.2, 0.25) is 0 Å². The highest BCUT2D eigenvalue weighted by atomic mass is 19.1. The summed E-state index contributed by atoms with van der Waals surface area (Å²) in [6, 6.07) is 7.52. The van der Waals surface area contributed by atoms with Gasteiger partial charge in [0.05, 0.1) is 12.7 Å². The summed E-state index contributed by atoms with van der Waals surface area (Å²) < 4.78 is 13.7. The molecule has 15 heavy (non-hydrogen) atoms. The van der Waals surface area contributed by atoms with E-state index in [0.29, 0.717) is 6.54 Å². The molecule has 0 unspecified atom stereocenters. The molecule has 0 saturated carbocycles. The Balaban J connectivity index is 2.25. The molecular weight excluding hydrogens is 193 g/mol. The Morgan fingerprint density at radius 2 is 1.93 bits per heavy atom. The Bertz CT molecular complexity index is 433. The van der Waals surface area contributed by atoms with Gasteiger partial charge in [0, 0.05) is 17.4 Å². The molecule has 0 bridgehead atoms. The van der Waals surface area contributed by atoms with E-state index in [2.05, 4.69) is 5.10 Å². The number of nitrogen functional groups attached to an aromatic ring is 1. The zero-order chi connectivity index (χ0) is 10.7. The second-order valence-corrected chi connectivity index (χ2v) is 3.30. The quantitative estimate of drug-likeness (QED) is 0.780. The molecular formula is C11H12FN3. The van der Waals surface area contributed by atoms with Crippen molar-refractivity contribution < 1.29 is 4.39 Å². The van der Waals surface area contributed by atoms with E-state index in [9.17, 15) is 4.39 Å². The molecule has 2 rings (SSSR count). The zero-order valence-corrected chi connectivity index (χ0v) is 8.23. The minimum absolute atomic E-state index is 0.301. The topological polar surface area (TPSA) is 43.8 Å². The number of anilines is 1. The third-order valence-electron chi connectivity index (χ3n) is 2.19. The van der Waals surface area contributed by atoms with Gasteiger partial charge in [-0.3, -0.25) is 4.68 Å². The summed E-state index contributed by atoms with van der Waals surface area (Å²) in [6.07, 6.45) is 3.55. The van der Waals surface area contributed by atoms with Crippen LogP contribution in [0.1, 0.15) is 0 Å². The first kappa shape index (κ1) is 9.71. The van der Waals surface area contributed by atoms with Gasteiger partial charge < -0.3 is 5.73 Å². The molecule has 0 atom stereocenters. The van der Waals surface area contributed by atoms with Gasteiger partial charge in [0.1, 0.15) is 6.67 Å². The van der Waals surface area contributed by atoms with Crippen molar-refractivity contribution in [2.24, 2.45) is 0 Å². The lowest BCUT2D eigenvalue weighted by molar-refractivity contribution is 0.427. The Hall–Kier alpha value is -1.84. The molecule has 0 aliphatic heterocycles. The Morgan fingerprint density at radius 1 is 1.20 bits per heavy atom. The molecule has 0 fully saturated rings. The van der Waals surface area contributed by atoms with Gasteiger partial charge in [-0.15, -0.1) is 0 Å². The van der Waals surface area contributed by atoms with Gasteiger partial charge in [-0.2, -0.15) is 5.10 Å². The van der Waals surface area contributed by atoms with Gasteiger partial charge in [-0.25, -0.2) is 4.39 Å². The van der Waals surface area contributed by atoms with Crippen LogP contribution in [0, 0.1) is 0 Å². The number of hydrogen-bond donors (Lipinski definition) is 1. The first-order valence-corrected chi connectivity index (χ1v) is 4.74. The summed E-state index contributed by atoms with van der Waals surface area (Å²) in [6.45, 7) is -0.0994. The monoisotopic (exact) mass is 205 g/mol. The molecule has 78 valence electrons. The number of aryl methyl sites for hydroxylation is 1. The number of hydrogen-bond acceptors (Lipinski definition) is 2. The van der Waals surface area contributed by atoms with Crippen molar-refractivity contribution in [3.8, 4) is 11.1 Å². The minimum atomic E-state index is -0.400. The highest BCUT2D eigenvalue weighted by Crippen LogP contribution is 2.19. The smallest absolute Gasteiger partial charge is 0.109 e. The van der Waals surface area contributed by atoms with E-state index in [1.54, 1.807) is 10.9 Å².